The Bertz CT molecular complexity index is 1110. The molecule has 7 heteroatoms. The minimum Gasteiger partial charge on any atom is -0.490 e. The van der Waals surface area contributed by atoms with Gasteiger partial charge in [0.1, 0.15) is 5.82 Å². The molecule has 148 valence electrons. The van der Waals surface area contributed by atoms with Crippen molar-refractivity contribution in [3.63, 3.8) is 0 Å². The molecule has 1 aromatic heterocycles. The number of nitrogens with zero attached hydrogens (tertiary/aromatic N) is 1. The third-order valence-corrected chi connectivity index (χ3v) is 4.56. The maximum absolute atomic E-state index is 12.7. The van der Waals surface area contributed by atoms with Gasteiger partial charge in [-0.05, 0) is 36.8 Å². The molecule has 7 nitrogen and oxygen atoms in total. The highest BCUT2D eigenvalue weighted by molar-refractivity contribution is 6.04. The molecule has 0 saturated carbocycles. The molecule has 0 unspecified atom stereocenters. The Kier molecular flexibility index (Phi) is 5.29. The van der Waals surface area contributed by atoms with Crippen LogP contribution in [-0.2, 0) is 6.42 Å². The molecule has 2 heterocycles. The zero-order valence-corrected chi connectivity index (χ0v) is 16.0. The highest BCUT2D eigenvalue weighted by atomic mass is 16.5. The number of benzene rings is 2. The van der Waals surface area contributed by atoms with Crippen molar-refractivity contribution in [2.24, 2.45) is 0 Å². The van der Waals surface area contributed by atoms with Crippen LogP contribution in [-0.4, -0.2) is 29.1 Å². The Morgan fingerprint density at radius 1 is 1.10 bits per heavy atom. The van der Waals surface area contributed by atoms with E-state index in [-0.39, 0.29) is 11.5 Å². The highest BCUT2D eigenvalue weighted by Crippen LogP contribution is 2.30. The lowest BCUT2D eigenvalue weighted by Crippen LogP contribution is -2.13. The molecule has 0 fully saturated rings. The van der Waals surface area contributed by atoms with Gasteiger partial charge in [-0.3, -0.25) is 9.59 Å². The van der Waals surface area contributed by atoms with Crippen molar-refractivity contribution in [2.45, 2.75) is 19.8 Å². The van der Waals surface area contributed by atoms with Crippen molar-refractivity contribution in [1.82, 2.24) is 9.97 Å². The summed E-state index contributed by atoms with van der Waals surface area (Å²) in [6.07, 6.45) is 1.47. The van der Waals surface area contributed by atoms with E-state index >= 15 is 0 Å². The minimum absolute atomic E-state index is 0.200. The fraction of sp³-hybridized carbons (Fsp3) is 0.227. The van der Waals surface area contributed by atoms with Crippen molar-refractivity contribution in [3.8, 4) is 22.9 Å². The van der Waals surface area contributed by atoms with Gasteiger partial charge in [0.25, 0.3) is 11.5 Å². The molecule has 1 aliphatic rings. The molecule has 0 radical (unpaired) electrons. The molecule has 0 bridgehead atoms. The predicted octanol–water partition coefficient (Wildman–Crippen LogP) is 3.41. The number of amides is 1. The first-order chi connectivity index (χ1) is 14.1. The zero-order chi connectivity index (χ0) is 20.2. The second-order valence-corrected chi connectivity index (χ2v) is 6.69. The lowest BCUT2D eigenvalue weighted by atomic mass is 10.1. The van der Waals surface area contributed by atoms with Gasteiger partial charge < -0.3 is 19.8 Å². The fourth-order valence-corrected chi connectivity index (χ4v) is 3.08. The van der Waals surface area contributed by atoms with Crippen molar-refractivity contribution < 1.29 is 14.3 Å². The number of ether oxygens (including phenoxy) is 2. The molecule has 2 N–H and O–H groups in total. The van der Waals surface area contributed by atoms with Gasteiger partial charge in [-0.2, -0.15) is 0 Å². The molecule has 0 spiro atoms. The van der Waals surface area contributed by atoms with E-state index in [1.165, 1.54) is 6.07 Å². The van der Waals surface area contributed by atoms with Gasteiger partial charge in [0.15, 0.2) is 11.5 Å². The number of rotatable bonds is 4. The van der Waals surface area contributed by atoms with Gasteiger partial charge in [-0.15, -0.1) is 0 Å². The third kappa shape index (κ3) is 4.29. The average molecular weight is 391 g/mol. The van der Waals surface area contributed by atoms with Crippen LogP contribution in [0.4, 0.5) is 5.69 Å². The summed E-state index contributed by atoms with van der Waals surface area (Å²) in [5, 5.41) is 2.88. The molecule has 0 aliphatic carbocycles. The molecule has 4 rings (SSSR count). The van der Waals surface area contributed by atoms with E-state index in [4.69, 9.17) is 9.47 Å². The van der Waals surface area contributed by atoms with Crippen LogP contribution in [0.15, 0.2) is 53.3 Å². The Morgan fingerprint density at radius 2 is 1.93 bits per heavy atom. The number of aromatic amines is 1. The summed E-state index contributed by atoms with van der Waals surface area (Å²) in [4.78, 5) is 31.8. The lowest BCUT2D eigenvalue weighted by Gasteiger charge is -2.11. The van der Waals surface area contributed by atoms with Gasteiger partial charge in [0, 0.05) is 35.0 Å². The smallest absolute Gasteiger partial charge is 0.255 e. The summed E-state index contributed by atoms with van der Waals surface area (Å²) in [5.74, 6) is 1.43. The number of carbonyl (C=O) groups is 1. The van der Waals surface area contributed by atoms with E-state index in [1.54, 1.807) is 36.4 Å². The molecule has 3 aromatic rings. The maximum atomic E-state index is 12.7. The van der Waals surface area contributed by atoms with E-state index in [9.17, 15) is 9.59 Å². The van der Waals surface area contributed by atoms with Gasteiger partial charge in [-0.25, -0.2) is 4.98 Å². The van der Waals surface area contributed by atoms with Gasteiger partial charge in [0.2, 0.25) is 0 Å². The summed E-state index contributed by atoms with van der Waals surface area (Å²) < 4.78 is 11.3. The SMILES string of the molecule is CCc1cc(=O)[nH]c(-c2cccc(NC(=O)c3ccc4c(c3)OCCCO4)c2)n1. The monoisotopic (exact) mass is 391 g/mol. The van der Waals surface area contributed by atoms with Crippen LogP contribution in [0.2, 0.25) is 0 Å². The van der Waals surface area contributed by atoms with Gasteiger partial charge >= 0.3 is 0 Å². The van der Waals surface area contributed by atoms with Crippen molar-refractivity contribution in [2.75, 3.05) is 18.5 Å². The molecular formula is C22H21N3O4. The van der Waals surface area contributed by atoms with Crippen LogP contribution in [0.1, 0.15) is 29.4 Å². The maximum Gasteiger partial charge on any atom is 0.255 e. The number of hydrogen-bond donors (Lipinski definition) is 2. The summed E-state index contributed by atoms with van der Waals surface area (Å²) >= 11 is 0. The molecule has 1 aliphatic heterocycles. The molecular weight excluding hydrogens is 370 g/mol. The van der Waals surface area contributed by atoms with E-state index < -0.39 is 0 Å². The van der Waals surface area contributed by atoms with Crippen LogP contribution in [0.25, 0.3) is 11.4 Å². The summed E-state index contributed by atoms with van der Waals surface area (Å²) in [7, 11) is 0. The number of anilines is 1. The van der Waals surface area contributed by atoms with Gasteiger partial charge in [0.05, 0.1) is 13.2 Å². The molecule has 0 saturated heterocycles. The molecule has 2 aromatic carbocycles. The van der Waals surface area contributed by atoms with E-state index in [0.717, 1.165) is 6.42 Å². The second-order valence-electron chi connectivity index (χ2n) is 6.69. The van der Waals surface area contributed by atoms with Crippen LogP contribution in [0.5, 0.6) is 11.5 Å². The topological polar surface area (TPSA) is 93.3 Å². The zero-order valence-electron chi connectivity index (χ0n) is 16.0. The lowest BCUT2D eigenvalue weighted by molar-refractivity contribution is 0.102. The average Bonchev–Trinajstić information content (AvgIpc) is 2.98. The van der Waals surface area contributed by atoms with Crippen LogP contribution >= 0.6 is 0 Å². The molecule has 1 amide bonds. The van der Waals surface area contributed by atoms with Crippen molar-refractivity contribution in [1.29, 1.82) is 0 Å². The van der Waals surface area contributed by atoms with Crippen LogP contribution in [0, 0.1) is 0 Å². The number of hydrogen-bond acceptors (Lipinski definition) is 5. The molecule has 0 atom stereocenters. The third-order valence-electron chi connectivity index (χ3n) is 4.56. The van der Waals surface area contributed by atoms with Gasteiger partial charge in [-0.1, -0.05) is 19.1 Å². The minimum atomic E-state index is -0.262. The summed E-state index contributed by atoms with van der Waals surface area (Å²) in [6.45, 7) is 3.10. The Labute approximate surface area is 167 Å². The predicted molar refractivity (Wildman–Crippen MR) is 110 cm³/mol. The summed E-state index contributed by atoms with van der Waals surface area (Å²) in [6, 6.07) is 13.8. The van der Waals surface area contributed by atoms with E-state index in [0.29, 0.717) is 59.5 Å². The largest absolute Gasteiger partial charge is 0.490 e. The number of aromatic nitrogens is 2. The quantitative estimate of drug-likeness (QED) is 0.711. The number of nitrogens with one attached hydrogen (secondary N) is 2. The fourth-order valence-electron chi connectivity index (χ4n) is 3.08. The van der Waals surface area contributed by atoms with Crippen molar-refractivity contribution in [3.05, 3.63) is 70.1 Å². The number of H-pyrrole nitrogens is 1. The first-order valence-corrected chi connectivity index (χ1v) is 9.54. The number of aryl methyl sites for hydroxylation is 1. The van der Waals surface area contributed by atoms with Crippen LogP contribution < -0.4 is 20.3 Å². The second kappa shape index (κ2) is 8.18. The number of carbonyl (C=O) groups excluding carboxylic acids is 1. The summed E-state index contributed by atoms with van der Waals surface area (Å²) in [5.41, 5.74) is 2.30. The van der Waals surface area contributed by atoms with E-state index in [2.05, 4.69) is 15.3 Å². The van der Waals surface area contributed by atoms with E-state index in [1.807, 2.05) is 13.0 Å². The normalized spacial score (nSPS) is 12.9. The Balaban J connectivity index is 1.57. The Hall–Kier alpha value is -3.61. The Morgan fingerprint density at radius 3 is 2.76 bits per heavy atom. The standard InChI is InChI=1S/C22H21N3O4/c1-2-16-13-20(26)25-21(23-16)14-5-3-6-17(11-14)24-22(27)15-7-8-18-19(12-15)29-10-4-9-28-18/h3,5-8,11-13H,2,4,9-10H2,1H3,(H,24,27)(H,23,25,26). The first kappa shape index (κ1) is 18.7. The van der Waals surface area contributed by atoms with Crippen molar-refractivity contribution >= 4 is 11.6 Å². The highest BCUT2D eigenvalue weighted by Gasteiger charge is 2.14. The number of fused-ring (bicyclic) bond motifs is 1. The molecule has 29 heavy (non-hydrogen) atoms. The van der Waals surface area contributed by atoms with Crippen LogP contribution in [0.3, 0.4) is 0 Å². The first-order valence-electron chi connectivity index (χ1n) is 9.54.